The molecule has 1 aromatic rings. The average Bonchev–Trinajstić information content (AvgIpc) is 2.74. The van der Waals surface area contributed by atoms with Gasteiger partial charge in [-0.2, -0.15) is 0 Å². The summed E-state index contributed by atoms with van der Waals surface area (Å²) in [7, 11) is 0. The van der Waals surface area contributed by atoms with Gasteiger partial charge < -0.3 is 5.32 Å². The number of thioether (sulfide) groups is 1. The van der Waals surface area contributed by atoms with Crippen LogP contribution in [0.4, 0.5) is 4.39 Å². The van der Waals surface area contributed by atoms with Gasteiger partial charge in [0, 0.05) is 4.90 Å². The SMILES string of the molecule is Fc1ccc(SCCC2CCNC2)cc1. The van der Waals surface area contributed by atoms with Crippen LogP contribution < -0.4 is 5.32 Å². The van der Waals surface area contributed by atoms with E-state index in [-0.39, 0.29) is 5.82 Å². The molecular formula is C12H16FNS. The lowest BCUT2D eigenvalue weighted by molar-refractivity contribution is 0.568. The summed E-state index contributed by atoms with van der Waals surface area (Å²) < 4.78 is 12.6. The molecule has 1 saturated heterocycles. The Morgan fingerprint density at radius 1 is 1.33 bits per heavy atom. The molecule has 0 aliphatic carbocycles. The zero-order valence-electron chi connectivity index (χ0n) is 8.71. The van der Waals surface area contributed by atoms with Crippen molar-refractivity contribution in [3.63, 3.8) is 0 Å². The van der Waals surface area contributed by atoms with Crippen molar-refractivity contribution in [1.82, 2.24) is 5.32 Å². The highest BCUT2D eigenvalue weighted by Crippen LogP contribution is 2.22. The molecule has 1 atom stereocenters. The number of hydrogen-bond donors (Lipinski definition) is 1. The second kappa shape index (κ2) is 5.52. The minimum atomic E-state index is -0.153. The lowest BCUT2D eigenvalue weighted by Crippen LogP contribution is -2.09. The third-order valence-corrected chi connectivity index (χ3v) is 3.82. The van der Waals surface area contributed by atoms with Crippen molar-refractivity contribution >= 4 is 11.8 Å². The highest BCUT2D eigenvalue weighted by atomic mass is 32.2. The molecule has 1 aromatic carbocycles. The molecule has 1 heterocycles. The zero-order valence-corrected chi connectivity index (χ0v) is 9.52. The summed E-state index contributed by atoms with van der Waals surface area (Å²) in [6.45, 7) is 2.34. The van der Waals surface area contributed by atoms with Gasteiger partial charge in [0.2, 0.25) is 0 Å². The van der Waals surface area contributed by atoms with Crippen LogP contribution in [-0.2, 0) is 0 Å². The first-order valence-corrected chi connectivity index (χ1v) is 6.42. The summed E-state index contributed by atoms with van der Waals surface area (Å²) in [5.74, 6) is 1.83. The summed E-state index contributed by atoms with van der Waals surface area (Å²) in [5.41, 5.74) is 0. The van der Waals surface area contributed by atoms with Crippen molar-refractivity contribution in [2.75, 3.05) is 18.8 Å². The predicted molar refractivity (Wildman–Crippen MR) is 62.7 cm³/mol. The molecule has 3 heteroatoms. The molecule has 0 bridgehead atoms. The molecule has 15 heavy (non-hydrogen) atoms. The van der Waals surface area contributed by atoms with E-state index in [2.05, 4.69) is 5.32 Å². The van der Waals surface area contributed by atoms with Gasteiger partial charge in [-0.3, -0.25) is 0 Å². The lowest BCUT2D eigenvalue weighted by atomic mass is 10.1. The molecule has 1 N–H and O–H groups in total. The molecule has 2 rings (SSSR count). The highest BCUT2D eigenvalue weighted by Gasteiger charge is 2.13. The van der Waals surface area contributed by atoms with Crippen LogP contribution in [0.2, 0.25) is 0 Å². The monoisotopic (exact) mass is 225 g/mol. The summed E-state index contributed by atoms with van der Waals surface area (Å²) in [5, 5.41) is 3.37. The van der Waals surface area contributed by atoms with E-state index in [9.17, 15) is 4.39 Å². The zero-order chi connectivity index (χ0) is 10.5. The first kappa shape index (κ1) is 11.0. The molecule has 0 spiro atoms. The molecule has 1 aliphatic heterocycles. The molecule has 0 aromatic heterocycles. The second-order valence-corrected chi connectivity index (χ2v) is 5.12. The summed E-state index contributed by atoms with van der Waals surface area (Å²) >= 11 is 1.82. The lowest BCUT2D eigenvalue weighted by Gasteiger charge is -2.07. The Kier molecular flexibility index (Phi) is 4.03. The van der Waals surface area contributed by atoms with Crippen LogP contribution in [0.5, 0.6) is 0 Å². The number of hydrogen-bond acceptors (Lipinski definition) is 2. The van der Waals surface area contributed by atoms with Crippen LogP contribution in [0.15, 0.2) is 29.2 Å². The van der Waals surface area contributed by atoms with Crippen molar-refractivity contribution in [2.45, 2.75) is 17.7 Å². The van der Waals surface area contributed by atoms with Crippen LogP contribution >= 0.6 is 11.8 Å². The van der Waals surface area contributed by atoms with Gasteiger partial charge in [-0.25, -0.2) is 4.39 Å². The van der Waals surface area contributed by atoms with Gasteiger partial charge in [0.15, 0.2) is 0 Å². The largest absolute Gasteiger partial charge is 0.316 e. The molecule has 82 valence electrons. The minimum Gasteiger partial charge on any atom is -0.316 e. The molecule has 1 nitrogen and oxygen atoms in total. The van der Waals surface area contributed by atoms with Gasteiger partial charge in [0.25, 0.3) is 0 Å². The maximum absolute atomic E-state index is 12.6. The fourth-order valence-corrected chi connectivity index (χ4v) is 2.85. The van der Waals surface area contributed by atoms with Crippen LogP contribution in [-0.4, -0.2) is 18.8 Å². The second-order valence-electron chi connectivity index (χ2n) is 3.95. The Morgan fingerprint density at radius 3 is 2.80 bits per heavy atom. The summed E-state index contributed by atoms with van der Waals surface area (Å²) in [6.07, 6.45) is 2.57. The van der Waals surface area contributed by atoms with Crippen molar-refractivity contribution in [2.24, 2.45) is 5.92 Å². The maximum atomic E-state index is 12.6. The van der Waals surface area contributed by atoms with Gasteiger partial charge in [0.05, 0.1) is 0 Å². The number of benzene rings is 1. The van der Waals surface area contributed by atoms with Crippen molar-refractivity contribution < 1.29 is 4.39 Å². The number of halogens is 1. The molecular weight excluding hydrogens is 209 g/mol. The highest BCUT2D eigenvalue weighted by molar-refractivity contribution is 7.99. The normalized spacial score (nSPS) is 20.7. The average molecular weight is 225 g/mol. The number of rotatable bonds is 4. The van der Waals surface area contributed by atoms with E-state index in [1.165, 1.54) is 43.0 Å². The third-order valence-electron chi connectivity index (χ3n) is 2.77. The molecule has 1 fully saturated rings. The number of nitrogens with one attached hydrogen (secondary N) is 1. The first-order valence-electron chi connectivity index (χ1n) is 5.44. The standard InChI is InChI=1S/C12H16FNS/c13-11-1-3-12(4-2-11)15-8-6-10-5-7-14-9-10/h1-4,10,14H,5-9H2. The van der Waals surface area contributed by atoms with Crippen molar-refractivity contribution in [1.29, 1.82) is 0 Å². The third kappa shape index (κ3) is 3.50. The molecule has 0 amide bonds. The van der Waals surface area contributed by atoms with Gasteiger partial charge in [-0.15, -0.1) is 11.8 Å². The van der Waals surface area contributed by atoms with E-state index < -0.39 is 0 Å². The van der Waals surface area contributed by atoms with Gasteiger partial charge >= 0.3 is 0 Å². The van der Waals surface area contributed by atoms with Crippen LogP contribution in [0, 0.1) is 11.7 Å². The van der Waals surface area contributed by atoms with Crippen molar-refractivity contribution in [3.05, 3.63) is 30.1 Å². The Labute approximate surface area is 94.5 Å². The van der Waals surface area contributed by atoms with E-state index >= 15 is 0 Å². The van der Waals surface area contributed by atoms with E-state index in [0.717, 1.165) is 11.7 Å². The van der Waals surface area contributed by atoms with Gasteiger partial charge in [-0.1, -0.05) is 0 Å². The maximum Gasteiger partial charge on any atom is 0.123 e. The fourth-order valence-electron chi connectivity index (χ4n) is 1.84. The van der Waals surface area contributed by atoms with E-state index in [1.54, 1.807) is 0 Å². The summed E-state index contributed by atoms with van der Waals surface area (Å²) in [4.78, 5) is 1.17. The van der Waals surface area contributed by atoms with Crippen LogP contribution in [0.1, 0.15) is 12.8 Å². The summed E-state index contributed by atoms with van der Waals surface area (Å²) in [6, 6.07) is 6.76. The Bertz CT molecular complexity index is 293. The topological polar surface area (TPSA) is 12.0 Å². The fraction of sp³-hybridized carbons (Fsp3) is 0.500. The first-order chi connectivity index (χ1) is 7.34. The van der Waals surface area contributed by atoms with E-state index in [0.29, 0.717) is 0 Å². The smallest absolute Gasteiger partial charge is 0.123 e. The molecule has 1 aliphatic rings. The van der Waals surface area contributed by atoms with Gasteiger partial charge in [-0.05, 0) is 61.9 Å². The van der Waals surface area contributed by atoms with Gasteiger partial charge in [0.1, 0.15) is 5.82 Å². The molecule has 0 saturated carbocycles. The Morgan fingerprint density at radius 2 is 2.13 bits per heavy atom. The predicted octanol–water partition coefficient (Wildman–Crippen LogP) is 2.92. The quantitative estimate of drug-likeness (QED) is 0.791. The van der Waals surface area contributed by atoms with E-state index in [1.807, 2.05) is 23.9 Å². The van der Waals surface area contributed by atoms with Crippen LogP contribution in [0.25, 0.3) is 0 Å². The Hall–Kier alpha value is -0.540. The van der Waals surface area contributed by atoms with E-state index in [4.69, 9.17) is 0 Å². The van der Waals surface area contributed by atoms with Crippen molar-refractivity contribution in [3.8, 4) is 0 Å². The Balaban J connectivity index is 1.71. The minimum absolute atomic E-state index is 0.153. The molecule has 0 radical (unpaired) electrons. The molecule has 1 unspecified atom stereocenters. The van der Waals surface area contributed by atoms with Crippen LogP contribution in [0.3, 0.4) is 0 Å².